The number of carbonyl (C=O) groups excluding carboxylic acids is 1. The van der Waals surface area contributed by atoms with E-state index in [-0.39, 0.29) is 49.4 Å². The summed E-state index contributed by atoms with van der Waals surface area (Å²) in [4.78, 5) is 14.5. The van der Waals surface area contributed by atoms with Crippen LogP contribution in [-0.4, -0.2) is 153 Å². The Kier molecular flexibility index (Phi) is 16.1. The number of allylic oxidation sites excluding steroid dienone is 2. The predicted molar refractivity (Wildman–Crippen MR) is 234 cm³/mol. The minimum Gasteiger partial charge on any atom is -0.462 e. The van der Waals surface area contributed by atoms with Crippen molar-refractivity contribution in [3.05, 3.63) is 47.1 Å². The van der Waals surface area contributed by atoms with Gasteiger partial charge in [-0.3, -0.25) is 4.79 Å². The number of hydrogen-bond donors (Lipinski definition) is 3. The van der Waals surface area contributed by atoms with Gasteiger partial charge in [0.05, 0.1) is 55.4 Å². The lowest BCUT2D eigenvalue weighted by Gasteiger charge is -2.52. The molecule has 0 aromatic heterocycles. The van der Waals surface area contributed by atoms with Gasteiger partial charge in [0.1, 0.15) is 42.0 Å². The standard InChI is InChI=1S/C49H76O15/c1-12-25(2)43-29(6)36(50)23-48(64-43)22-34-19-33(63-48)17-16-27(4)42(61-40-21-38(55-10)45(31(8)59-40)62-39-20-37(54-9)41(51)30(7)58-39)26(3)14-13-15-32-24-57-46-44(56-11)28(5)18-35(47(52)60-34)49(32,46)53/h13-16,18,25-26,29-31,33-46,50-51,53H,12,17,19-24H2,1-11H3/b14-13+,27-16-,32-15-/t25?,26-,29-,30-,31-,33+,34+,35-,36-,37-,38-,39-,40-,41-,42-,43+,44+,45-,46-,48-,49-/m0/s1. The predicted octanol–water partition coefficient (Wildman–Crippen LogP) is 5.23. The van der Waals surface area contributed by atoms with E-state index in [1.54, 1.807) is 34.3 Å². The maximum absolute atomic E-state index is 14.5. The number of aliphatic hydroxyl groups is 3. The summed E-state index contributed by atoms with van der Waals surface area (Å²) in [7, 11) is 4.79. The first-order valence-corrected chi connectivity index (χ1v) is 23.6. The van der Waals surface area contributed by atoms with E-state index in [1.165, 1.54) is 0 Å². The molecule has 0 aromatic rings. The summed E-state index contributed by atoms with van der Waals surface area (Å²) in [6.07, 6.45) is 4.40. The summed E-state index contributed by atoms with van der Waals surface area (Å²) >= 11 is 0. The average Bonchev–Trinajstić information content (AvgIpc) is 3.59. The molecule has 3 N–H and O–H groups in total. The maximum Gasteiger partial charge on any atom is 0.316 e. The van der Waals surface area contributed by atoms with Crippen molar-refractivity contribution in [2.45, 2.75) is 204 Å². The highest BCUT2D eigenvalue weighted by Crippen LogP contribution is 2.48. The number of hydrogen-bond acceptors (Lipinski definition) is 15. The van der Waals surface area contributed by atoms with Gasteiger partial charge in [-0.2, -0.15) is 0 Å². The van der Waals surface area contributed by atoms with Gasteiger partial charge in [0.15, 0.2) is 18.4 Å². The Labute approximate surface area is 379 Å². The Morgan fingerprint density at radius 3 is 2.27 bits per heavy atom. The Morgan fingerprint density at radius 2 is 1.56 bits per heavy atom. The molecule has 21 atom stereocenters. The van der Waals surface area contributed by atoms with Crippen LogP contribution in [0.4, 0.5) is 0 Å². The van der Waals surface area contributed by atoms with Gasteiger partial charge in [0.2, 0.25) is 0 Å². The number of ether oxygens (including phenoxy) is 11. The Hall–Kier alpha value is -2.09. The van der Waals surface area contributed by atoms with Gasteiger partial charge in [0.25, 0.3) is 0 Å². The lowest BCUT2D eigenvalue weighted by Crippen LogP contribution is -2.60. The monoisotopic (exact) mass is 905 g/mol. The van der Waals surface area contributed by atoms with Crippen LogP contribution < -0.4 is 0 Å². The first kappa shape index (κ1) is 49.8. The van der Waals surface area contributed by atoms with E-state index < -0.39 is 103 Å². The molecular formula is C49H76O15. The third-order valence-electron chi connectivity index (χ3n) is 15.3. The summed E-state index contributed by atoms with van der Waals surface area (Å²) in [5.41, 5.74) is 0.516. The molecule has 0 saturated carbocycles. The third-order valence-corrected chi connectivity index (χ3v) is 15.3. The van der Waals surface area contributed by atoms with Crippen LogP contribution >= 0.6 is 0 Å². The normalized spacial score (nSPS) is 49.4. The maximum atomic E-state index is 14.5. The molecule has 0 aromatic carbocycles. The molecule has 1 aliphatic carbocycles. The highest BCUT2D eigenvalue weighted by molar-refractivity contribution is 5.78. The van der Waals surface area contributed by atoms with Crippen molar-refractivity contribution in [1.82, 2.24) is 0 Å². The van der Waals surface area contributed by atoms with Crippen molar-refractivity contribution in [3.8, 4) is 0 Å². The molecule has 6 heterocycles. The van der Waals surface area contributed by atoms with Crippen molar-refractivity contribution in [2.24, 2.45) is 23.7 Å². The van der Waals surface area contributed by atoms with Gasteiger partial charge in [0, 0.05) is 65.3 Å². The summed E-state index contributed by atoms with van der Waals surface area (Å²) in [6.45, 7) is 16.1. The second-order valence-electron chi connectivity index (χ2n) is 19.7. The number of fused-ring (bicyclic) bond motifs is 2. The highest BCUT2D eigenvalue weighted by atomic mass is 16.7. The topological polar surface area (TPSA) is 179 Å². The lowest BCUT2D eigenvalue weighted by molar-refractivity contribution is -0.354. The van der Waals surface area contributed by atoms with Crippen molar-refractivity contribution in [3.63, 3.8) is 0 Å². The van der Waals surface area contributed by atoms with Crippen LogP contribution in [0.15, 0.2) is 47.1 Å². The molecule has 64 heavy (non-hydrogen) atoms. The number of aliphatic hydroxyl groups excluding tert-OH is 2. The van der Waals surface area contributed by atoms with Crippen molar-refractivity contribution >= 4 is 5.97 Å². The van der Waals surface area contributed by atoms with Gasteiger partial charge >= 0.3 is 5.97 Å². The third kappa shape index (κ3) is 10.0. The number of carbonyl (C=O) groups is 1. The zero-order valence-corrected chi connectivity index (χ0v) is 39.8. The smallest absolute Gasteiger partial charge is 0.316 e. The van der Waals surface area contributed by atoms with Crippen molar-refractivity contribution in [2.75, 3.05) is 27.9 Å². The van der Waals surface area contributed by atoms with Crippen LogP contribution in [-0.2, 0) is 56.9 Å². The molecule has 7 aliphatic rings. The van der Waals surface area contributed by atoms with Crippen LogP contribution in [0.1, 0.15) is 100 Å². The molecule has 0 radical (unpaired) electrons. The van der Waals surface area contributed by atoms with E-state index in [0.29, 0.717) is 31.3 Å². The summed E-state index contributed by atoms with van der Waals surface area (Å²) in [5, 5.41) is 34.8. The van der Waals surface area contributed by atoms with Gasteiger partial charge in [-0.05, 0) is 56.8 Å². The fourth-order valence-electron chi connectivity index (χ4n) is 11.3. The summed E-state index contributed by atoms with van der Waals surface area (Å²) in [5.74, 6) is -2.98. The van der Waals surface area contributed by atoms with Crippen molar-refractivity contribution < 1.29 is 72.2 Å². The zero-order chi connectivity index (χ0) is 46.2. The van der Waals surface area contributed by atoms with Gasteiger partial charge in [-0.1, -0.05) is 64.5 Å². The minimum absolute atomic E-state index is 0.0971. The first-order valence-electron chi connectivity index (χ1n) is 23.6. The van der Waals surface area contributed by atoms with Gasteiger partial charge in [-0.15, -0.1) is 0 Å². The SMILES string of the molecule is CCC(C)[C@H]1O[C@@]2(C[C@H]3C[C@@H](C/C=C(/C)[C@@H](O[C@H]4C[C@H](OC)[C@@H](O[C@H]5C[C@H](OC)[C@@H](O)[C@H](C)O5)[C@H](C)O4)[C@@H](C)/C=C/C=C4/CO[C@H]5[C@H](OC)C(C)=C[C@@H](C(=O)O3)[C@@]45O)O2)C[C@H](O)[C@@H]1C. The highest BCUT2D eigenvalue weighted by Gasteiger charge is 2.61. The number of rotatable bonds is 9. The van der Waals surface area contributed by atoms with E-state index in [2.05, 4.69) is 26.8 Å². The van der Waals surface area contributed by atoms with Crippen molar-refractivity contribution in [1.29, 1.82) is 0 Å². The van der Waals surface area contributed by atoms with Crippen LogP contribution in [0.3, 0.4) is 0 Å². The molecule has 1 spiro atoms. The van der Waals surface area contributed by atoms with Gasteiger partial charge < -0.3 is 67.4 Å². The van der Waals surface area contributed by atoms with Crippen LogP contribution in [0, 0.1) is 23.7 Å². The van der Waals surface area contributed by atoms with E-state index in [4.69, 9.17) is 52.1 Å². The number of methoxy groups -OCH3 is 3. The first-order chi connectivity index (χ1) is 30.4. The second kappa shape index (κ2) is 20.6. The second-order valence-corrected chi connectivity index (χ2v) is 19.7. The minimum atomic E-state index is -1.74. The van der Waals surface area contributed by atoms with E-state index in [0.717, 1.165) is 17.6 Å². The molecule has 2 bridgehead atoms. The number of esters is 1. The summed E-state index contributed by atoms with van der Waals surface area (Å²) in [6, 6.07) is 0. The molecular weight excluding hydrogens is 829 g/mol. The molecule has 15 heteroatoms. The molecule has 7 rings (SSSR count). The van der Waals surface area contributed by atoms with E-state index in [9.17, 15) is 20.1 Å². The van der Waals surface area contributed by atoms with Gasteiger partial charge in [-0.25, -0.2) is 0 Å². The molecule has 5 saturated heterocycles. The molecule has 0 amide bonds. The Morgan fingerprint density at radius 1 is 0.859 bits per heavy atom. The zero-order valence-electron chi connectivity index (χ0n) is 39.8. The van der Waals surface area contributed by atoms with E-state index in [1.807, 2.05) is 45.9 Å². The Balaban J connectivity index is 1.20. The van der Waals surface area contributed by atoms with E-state index >= 15 is 0 Å². The molecule has 5 fully saturated rings. The quantitative estimate of drug-likeness (QED) is 0.202. The fraction of sp³-hybridized carbons (Fsp3) is 0.816. The molecule has 15 nitrogen and oxygen atoms in total. The average molecular weight is 905 g/mol. The largest absolute Gasteiger partial charge is 0.462 e. The molecule has 362 valence electrons. The van der Waals surface area contributed by atoms with Crippen LogP contribution in [0.5, 0.6) is 0 Å². The molecule has 6 aliphatic heterocycles. The van der Waals surface area contributed by atoms with Crippen LogP contribution in [0.2, 0.25) is 0 Å². The fourth-order valence-corrected chi connectivity index (χ4v) is 11.3. The van der Waals surface area contributed by atoms with Crippen LogP contribution in [0.25, 0.3) is 0 Å². The Bertz CT molecular complexity index is 1730. The summed E-state index contributed by atoms with van der Waals surface area (Å²) < 4.78 is 69.9. The molecule has 1 unspecified atom stereocenters. The lowest BCUT2D eigenvalue weighted by atomic mass is 9.70.